The maximum Gasteiger partial charge on any atom is 0.242 e. The molecule has 1 aromatic heterocycles. The normalized spacial score (nSPS) is 12.6. The van der Waals surface area contributed by atoms with Crippen molar-refractivity contribution in [1.29, 1.82) is 0 Å². The minimum absolute atomic E-state index is 0.0356. The van der Waals surface area contributed by atoms with Crippen molar-refractivity contribution in [1.82, 2.24) is 14.3 Å². The second-order valence-corrected chi connectivity index (χ2v) is 9.09. The van der Waals surface area contributed by atoms with Crippen LogP contribution in [0.25, 0.3) is 16.7 Å². The number of carbonyl (C=O) groups is 1. The van der Waals surface area contributed by atoms with Gasteiger partial charge in [0.05, 0.1) is 22.0 Å². The molecule has 1 heterocycles. The molecule has 9 heteroatoms. The number of imidazole rings is 1. The summed E-state index contributed by atoms with van der Waals surface area (Å²) in [6.07, 6.45) is 1.74. The summed E-state index contributed by atoms with van der Waals surface area (Å²) in [5.74, 6) is -0.474. The van der Waals surface area contributed by atoms with Crippen molar-refractivity contribution in [3.8, 4) is 5.69 Å². The zero-order chi connectivity index (χ0) is 22.0. The smallest absolute Gasteiger partial charge is 0.242 e. The highest BCUT2D eigenvalue weighted by molar-refractivity contribution is 7.89. The molecule has 0 saturated heterocycles. The second-order valence-electron chi connectivity index (χ2n) is 6.94. The van der Waals surface area contributed by atoms with Crippen LogP contribution in [0, 0.1) is 0 Å². The topological polar surface area (TPSA) is 93.1 Å². The quantitative estimate of drug-likeness (QED) is 0.460. The molecule has 1 amide bonds. The monoisotopic (exact) mass is 454 g/mol. The van der Waals surface area contributed by atoms with Crippen LogP contribution in [0.1, 0.15) is 6.92 Å². The standard InChI is InChI=1S/C22H19ClN4O3S/c1-15(26-31(29,30)19-12-6-16(23)7-13-19)22(28)25-17-8-10-18(11-9-17)27-14-24-20-4-2-3-5-21(20)27/h2-15,26H,1H3,(H,25,28)/t15-/m0/s1. The summed E-state index contributed by atoms with van der Waals surface area (Å²) in [5, 5.41) is 3.15. The largest absolute Gasteiger partial charge is 0.325 e. The number of hydrogen-bond donors (Lipinski definition) is 2. The van der Waals surface area contributed by atoms with Gasteiger partial charge in [0.15, 0.2) is 0 Å². The molecule has 0 saturated carbocycles. The van der Waals surface area contributed by atoms with Crippen LogP contribution in [0.5, 0.6) is 0 Å². The summed E-state index contributed by atoms with van der Waals surface area (Å²) < 4.78 is 29.2. The molecule has 0 aliphatic carbocycles. The van der Waals surface area contributed by atoms with Crippen molar-refractivity contribution in [2.24, 2.45) is 0 Å². The van der Waals surface area contributed by atoms with E-state index in [-0.39, 0.29) is 4.90 Å². The van der Waals surface area contributed by atoms with Crippen molar-refractivity contribution >= 4 is 44.3 Å². The van der Waals surface area contributed by atoms with Crippen LogP contribution in [-0.2, 0) is 14.8 Å². The van der Waals surface area contributed by atoms with E-state index >= 15 is 0 Å². The van der Waals surface area contributed by atoms with E-state index in [9.17, 15) is 13.2 Å². The predicted molar refractivity (Wildman–Crippen MR) is 121 cm³/mol. The van der Waals surface area contributed by atoms with Crippen molar-refractivity contribution in [2.45, 2.75) is 17.9 Å². The fraction of sp³-hybridized carbons (Fsp3) is 0.0909. The molecular weight excluding hydrogens is 436 g/mol. The van der Waals surface area contributed by atoms with E-state index in [0.717, 1.165) is 16.7 Å². The summed E-state index contributed by atoms with van der Waals surface area (Å²) in [7, 11) is -3.85. The highest BCUT2D eigenvalue weighted by Gasteiger charge is 2.22. The lowest BCUT2D eigenvalue weighted by Gasteiger charge is -2.15. The summed E-state index contributed by atoms with van der Waals surface area (Å²) in [5.41, 5.74) is 3.31. The van der Waals surface area contributed by atoms with Crippen molar-refractivity contribution in [2.75, 3.05) is 5.32 Å². The van der Waals surface area contributed by atoms with E-state index in [4.69, 9.17) is 11.6 Å². The maximum absolute atomic E-state index is 12.5. The molecule has 4 rings (SSSR count). The first-order valence-corrected chi connectivity index (χ1v) is 11.3. The highest BCUT2D eigenvalue weighted by Crippen LogP contribution is 2.20. The van der Waals surface area contributed by atoms with Crippen LogP contribution in [0.4, 0.5) is 5.69 Å². The van der Waals surface area contributed by atoms with E-state index in [0.29, 0.717) is 10.7 Å². The zero-order valence-corrected chi connectivity index (χ0v) is 18.1. The predicted octanol–water partition coefficient (Wildman–Crippen LogP) is 3.98. The lowest BCUT2D eigenvalue weighted by atomic mass is 10.2. The molecule has 0 aliphatic rings. The van der Waals surface area contributed by atoms with E-state index in [1.807, 2.05) is 41.0 Å². The average Bonchev–Trinajstić information content (AvgIpc) is 3.18. The van der Waals surface area contributed by atoms with Gasteiger partial charge in [0.2, 0.25) is 15.9 Å². The molecule has 0 bridgehead atoms. The number of halogens is 1. The van der Waals surface area contributed by atoms with Crippen LogP contribution >= 0.6 is 11.6 Å². The molecule has 0 aliphatic heterocycles. The maximum atomic E-state index is 12.5. The first-order chi connectivity index (χ1) is 14.8. The van der Waals surface area contributed by atoms with Crippen LogP contribution in [-0.4, -0.2) is 29.9 Å². The van der Waals surface area contributed by atoms with Gasteiger partial charge in [-0.3, -0.25) is 9.36 Å². The highest BCUT2D eigenvalue weighted by atomic mass is 35.5. The molecule has 31 heavy (non-hydrogen) atoms. The Labute approximate surface area is 184 Å². The van der Waals surface area contributed by atoms with Crippen LogP contribution < -0.4 is 10.0 Å². The van der Waals surface area contributed by atoms with Gasteiger partial charge in [-0.25, -0.2) is 13.4 Å². The molecule has 4 aromatic rings. The molecule has 158 valence electrons. The number of nitrogens with one attached hydrogen (secondary N) is 2. The number of aromatic nitrogens is 2. The van der Waals surface area contributed by atoms with Crippen LogP contribution in [0.2, 0.25) is 5.02 Å². The van der Waals surface area contributed by atoms with Gasteiger partial charge < -0.3 is 5.32 Å². The molecule has 0 fully saturated rings. The van der Waals surface area contributed by atoms with Crippen LogP contribution in [0.3, 0.4) is 0 Å². The molecule has 0 unspecified atom stereocenters. The first kappa shape index (κ1) is 21.0. The number of para-hydroxylation sites is 2. The van der Waals surface area contributed by atoms with Gasteiger partial charge in [-0.2, -0.15) is 4.72 Å². The Hall–Kier alpha value is -3.20. The zero-order valence-electron chi connectivity index (χ0n) is 16.5. The Bertz CT molecular complexity index is 1330. The number of hydrogen-bond acceptors (Lipinski definition) is 4. The fourth-order valence-corrected chi connectivity index (χ4v) is 4.42. The van der Waals surface area contributed by atoms with Gasteiger partial charge in [-0.15, -0.1) is 0 Å². The van der Waals surface area contributed by atoms with Gasteiger partial charge >= 0.3 is 0 Å². The first-order valence-electron chi connectivity index (χ1n) is 9.45. The van der Waals surface area contributed by atoms with Gasteiger partial charge in [0, 0.05) is 16.4 Å². The Morgan fingerprint density at radius 3 is 2.39 bits per heavy atom. The Morgan fingerprint density at radius 2 is 1.68 bits per heavy atom. The van der Waals surface area contributed by atoms with E-state index in [1.165, 1.54) is 31.2 Å². The SMILES string of the molecule is C[C@H](NS(=O)(=O)c1ccc(Cl)cc1)C(=O)Nc1ccc(-n2cnc3ccccc32)cc1. The Kier molecular flexibility index (Phi) is 5.77. The molecule has 2 N–H and O–H groups in total. The molecule has 1 atom stereocenters. The summed E-state index contributed by atoms with van der Waals surface area (Å²) in [6, 6.07) is 19.8. The van der Waals surface area contributed by atoms with E-state index in [1.54, 1.807) is 18.5 Å². The fourth-order valence-electron chi connectivity index (χ4n) is 3.09. The van der Waals surface area contributed by atoms with E-state index < -0.39 is 22.0 Å². The third-order valence-corrected chi connectivity index (χ3v) is 6.52. The Morgan fingerprint density at radius 1 is 1.00 bits per heavy atom. The van der Waals surface area contributed by atoms with Gasteiger partial charge in [0.25, 0.3) is 0 Å². The number of rotatable bonds is 6. The summed E-state index contributed by atoms with van der Waals surface area (Å²) in [6.45, 7) is 1.48. The number of sulfonamides is 1. The van der Waals surface area contributed by atoms with Gasteiger partial charge in [0.1, 0.15) is 6.33 Å². The molecule has 7 nitrogen and oxygen atoms in total. The number of benzene rings is 3. The number of fused-ring (bicyclic) bond motifs is 1. The molecular formula is C22H19ClN4O3S. The van der Waals surface area contributed by atoms with Crippen molar-refractivity contribution in [3.63, 3.8) is 0 Å². The van der Waals surface area contributed by atoms with Gasteiger partial charge in [-0.1, -0.05) is 23.7 Å². The number of carbonyl (C=O) groups excluding carboxylic acids is 1. The van der Waals surface area contributed by atoms with Gasteiger partial charge in [-0.05, 0) is 67.6 Å². The lowest BCUT2D eigenvalue weighted by Crippen LogP contribution is -2.41. The number of anilines is 1. The minimum atomic E-state index is -3.85. The summed E-state index contributed by atoms with van der Waals surface area (Å²) in [4.78, 5) is 16.9. The van der Waals surface area contributed by atoms with Crippen molar-refractivity contribution in [3.05, 3.63) is 84.1 Å². The third-order valence-electron chi connectivity index (χ3n) is 4.72. The van der Waals surface area contributed by atoms with Crippen molar-refractivity contribution < 1.29 is 13.2 Å². The average molecular weight is 455 g/mol. The molecule has 3 aromatic carbocycles. The molecule has 0 spiro atoms. The minimum Gasteiger partial charge on any atom is -0.325 e. The van der Waals surface area contributed by atoms with E-state index in [2.05, 4.69) is 15.0 Å². The Balaban J connectivity index is 1.44. The number of nitrogens with zero attached hydrogens (tertiary/aromatic N) is 2. The lowest BCUT2D eigenvalue weighted by molar-refractivity contribution is -0.117. The summed E-state index contributed by atoms with van der Waals surface area (Å²) >= 11 is 5.80. The van der Waals surface area contributed by atoms with Crippen LogP contribution in [0.15, 0.2) is 84.0 Å². The third kappa shape index (κ3) is 4.61. The number of amides is 1. The second kappa shape index (κ2) is 8.50. The molecule has 0 radical (unpaired) electrons.